The Bertz CT molecular complexity index is 1040. The van der Waals surface area contributed by atoms with Crippen LogP contribution in [0.2, 0.25) is 0 Å². The summed E-state index contributed by atoms with van der Waals surface area (Å²) in [5.74, 6) is 0.772. The molecule has 0 aliphatic heterocycles. The predicted octanol–water partition coefficient (Wildman–Crippen LogP) is 4.66. The van der Waals surface area contributed by atoms with Crippen LogP contribution in [0.5, 0.6) is 5.75 Å². The van der Waals surface area contributed by atoms with Gasteiger partial charge in [-0.3, -0.25) is 4.79 Å². The summed E-state index contributed by atoms with van der Waals surface area (Å²) in [6.07, 6.45) is 0. The van der Waals surface area contributed by atoms with Crippen LogP contribution < -0.4 is 9.61 Å². The minimum atomic E-state index is -0.0657. The Labute approximate surface area is 159 Å². The Balaban J connectivity index is 1.55. The Kier molecular flexibility index (Phi) is 4.95. The number of hydrogen-bond donors (Lipinski definition) is 0. The smallest absolute Gasteiger partial charge is 0.325 e. The van der Waals surface area contributed by atoms with Crippen molar-refractivity contribution in [1.82, 2.24) is 9.78 Å². The third-order valence-corrected chi connectivity index (χ3v) is 5.48. The second-order valence-electron chi connectivity index (χ2n) is 5.72. The molecule has 0 saturated carbocycles. The average Bonchev–Trinajstić information content (AvgIpc) is 3.32. The molecule has 2 aromatic heterocycles. The van der Waals surface area contributed by atoms with Crippen LogP contribution in [0.1, 0.15) is 11.1 Å². The van der Waals surface area contributed by atoms with Crippen molar-refractivity contribution in [3.63, 3.8) is 0 Å². The fourth-order valence-electron chi connectivity index (χ4n) is 2.58. The van der Waals surface area contributed by atoms with Gasteiger partial charge in [-0.05, 0) is 23.1 Å². The molecule has 130 valence electrons. The first kappa shape index (κ1) is 16.8. The highest BCUT2D eigenvalue weighted by Gasteiger charge is 2.11. The van der Waals surface area contributed by atoms with Crippen LogP contribution in [0.15, 0.2) is 76.2 Å². The van der Waals surface area contributed by atoms with Crippen molar-refractivity contribution in [2.75, 3.05) is 0 Å². The van der Waals surface area contributed by atoms with Crippen LogP contribution >= 0.6 is 22.7 Å². The Hall–Kier alpha value is -2.70. The van der Waals surface area contributed by atoms with Gasteiger partial charge in [0.05, 0.1) is 6.54 Å². The standard InChI is InChI=1S/C20H16N2O2S2/c23-20-22(21-19(26-20)17-10-11-25-14-17)12-16-8-4-5-9-18(16)24-13-15-6-2-1-3-7-15/h1-11,14H,12-13H2. The third kappa shape index (κ3) is 3.76. The summed E-state index contributed by atoms with van der Waals surface area (Å²) >= 11 is 2.77. The summed E-state index contributed by atoms with van der Waals surface area (Å²) in [6.45, 7) is 0.883. The van der Waals surface area contributed by atoms with Crippen LogP contribution in [0, 0.1) is 0 Å². The van der Waals surface area contributed by atoms with Crippen molar-refractivity contribution in [2.24, 2.45) is 0 Å². The molecule has 4 nitrogen and oxygen atoms in total. The lowest BCUT2D eigenvalue weighted by Crippen LogP contribution is -2.16. The monoisotopic (exact) mass is 380 g/mol. The zero-order chi connectivity index (χ0) is 17.8. The van der Waals surface area contributed by atoms with Gasteiger partial charge in [0.15, 0.2) is 0 Å². The quantitative estimate of drug-likeness (QED) is 0.489. The molecule has 0 radical (unpaired) electrons. The van der Waals surface area contributed by atoms with E-state index in [1.165, 1.54) is 16.0 Å². The van der Waals surface area contributed by atoms with Crippen LogP contribution in [0.3, 0.4) is 0 Å². The van der Waals surface area contributed by atoms with E-state index in [4.69, 9.17) is 4.74 Å². The fraction of sp³-hybridized carbons (Fsp3) is 0.100. The summed E-state index contributed by atoms with van der Waals surface area (Å²) in [4.78, 5) is 12.2. The molecule has 0 saturated heterocycles. The highest BCUT2D eigenvalue weighted by molar-refractivity contribution is 7.13. The maximum Gasteiger partial charge on any atom is 0.325 e. The summed E-state index contributed by atoms with van der Waals surface area (Å²) < 4.78 is 7.48. The Morgan fingerprint density at radius 2 is 1.81 bits per heavy atom. The predicted molar refractivity (Wildman–Crippen MR) is 106 cm³/mol. The maximum absolute atomic E-state index is 12.3. The summed E-state index contributed by atoms with van der Waals surface area (Å²) in [6, 6.07) is 19.8. The number of aromatic nitrogens is 2. The van der Waals surface area contributed by atoms with Crippen molar-refractivity contribution >= 4 is 22.7 Å². The molecule has 0 spiro atoms. The summed E-state index contributed by atoms with van der Waals surface area (Å²) in [5, 5.41) is 9.21. The first-order chi connectivity index (χ1) is 12.8. The molecule has 2 heterocycles. The molecule has 4 aromatic rings. The molecule has 26 heavy (non-hydrogen) atoms. The van der Waals surface area contributed by atoms with E-state index < -0.39 is 0 Å². The molecule has 0 aliphatic rings. The molecule has 0 fully saturated rings. The number of rotatable bonds is 6. The van der Waals surface area contributed by atoms with Gasteiger partial charge < -0.3 is 4.74 Å². The molecule has 0 unspecified atom stereocenters. The first-order valence-electron chi connectivity index (χ1n) is 8.15. The molecular formula is C20H16N2O2S2. The molecule has 0 aliphatic carbocycles. The zero-order valence-corrected chi connectivity index (χ0v) is 15.5. The highest BCUT2D eigenvalue weighted by atomic mass is 32.1. The maximum atomic E-state index is 12.3. The van der Waals surface area contributed by atoms with Crippen molar-refractivity contribution in [2.45, 2.75) is 13.2 Å². The van der Waals surface area contributed by atoms with Gasteiger partial charge in [-0.1, -0.05) is 59.9 Å². The number of thiophene rings is 1. The lowest BCUT2D eigenvalue weighted by molar-refractivity contribution is 0.302. The van der Waals surface area contributed by atoms with Gasteiger partial charge in [0.25, 0.3) is 0 Å². The van der Waals surface area contributed by atoms with E-state index in [9.17, 15) is 4.79 Å². The van der Waals surface area contributed by atoms with Gasteiger partial charge in [-0.15, -0.1) is 0 Å². The van der Waals surface area contributed by atoms with Crippen molar-refractivity contribution < 1.29 is 4.74 Å². The molecule has 0 amide bonds. The lowest BCUT2D eigenvalue weighted by Gasteiger charge is -2.11. The molecule has 0 N–H and O–H groups in total. The topological polar surface area (TPSA) is 44.1 Å². The second-order valence-corrected chi connectivity index (χ2v) is 7.44. The first-order valence-corrected chi connectivity index (χ1v) is 9.91. The van der Waals surface area contributed by atoms with Gasteiger partial charge in [-0.25, -0.2) is 4.68 Å². The van der Waals surface area contributed by atoms with E-state index in [0.717, 1.165) is 27.4 Å². The van der Waals surface area contributed by atoms with Gasteiger partial charge in [0.1, 0.15) is 17.4 Å². The number of benzene rings is 2. The number of hydrogen-bond acceptors (Lipinski definition) is 5. The number of ether oxygens (including phenoxy) is 1. The Morgan fingerprint density at radius 3 is 2.62 bits per heavy atom. The normalized spacial score (nSPS) is 10.8. The fourth-order valence-corrected chi connectivity index (χ4v) is 4.06. The SMILES string of the molecule is O=c1sc(-c2ccsc2)nn1Cc1ccccc1OCc1ccccc1. The third-order valence-electron chi connectivity index (χ3n) is 3.90. The van der Waals surface area contributed by atoms with Crippen LogP contribution in [0.4, 0.5) is 0 Å². The van der Waals surface area contributed by atoms with Gasteiger partial charge >= 0.3 is 4.87 Å². The van der Waals surface area contributed by atoms with Crippen LogP contribution in [-0.4, -0.2) is 9.78 Å². The molecule has 2 aromatic carbocycles. The van der Waals surface area contributed by atoms with E-state index in [1.807, 2.05) is 71.4 Å². The molecule has 4 rings (SSSR count). The molecule has 0 bridgehead atoms. The van der Waals surface area contributed by atoms with Crippen molar-refractivity contribution in [1.29, 1.82) is 0 Å². The molecule has 6 heteroatoms. The van der Waals surface area contributed by atoms with E-state index in [2.05, 4.69) is 5.10 Å². The molecule has 0 atom stereocenters. The Morgan fingerprint density at radius 1 is 1.00 bits per heavy atom. The van der Waals surface area contributed by atoms with E-state index >= 15 is 0 Å². The lowest BCUT2D eigenvalue weighted by atomic mass is 10.2. The van der Waals surface area contributed by atoms with Gasteiger partial charge in [0.2, 0.25) is 0 Å². The minimum absolute atomic E-state index is 0.0657. The highest BCUT2D eigenvalue weighted by Crippen LogP contribution is 2.24. The van der Waals surface area contributed by atoms with Crippen molar-refractivity contribution in [3.05, 3.63) is 92.2 Å². The van der Waals surface area contributed by atoms with E-state index in [1.54, 1.807) is 11.3 Å². The minimum Gasteiger partial charge on any atom is -0.489 e. The van der Waals surface area contributed by atoms with Crippen LogP contribution in [-0.2, 0) is 13.2 Å². The van der Waals surface area contributed by atoms with E-state index in [-0.39, 0.29) is 4.87 Å². The summed E-state index contributed by atoms with van der Waals surface area (Å²) in [5.41, 5.74) is 3.03. The molecular weight excluding hydrogens is 364 g/mol. The summed E-state index contributed by atoms with van der Waals surface area (Å²) in [7, 11) is 0. The number of nitrogens with zero attached hydrogens (tertiary/aromatic N) is 2. The van der Waals surface area contributed by atoms with E-state index in [0.29, 0.717) is 13.2 Å². The zero-order valence-electron chi connectivity index (χ0n) is 13.9. The average molecular weight is 380 g/mol. The number of para-hydroxylation sites is 1. The van der Waals surface area contributed by atoms with Crippen molar-refractivity contribution in [3.8, 4) is 16.3 Å². The van der Waals surface area contributed by atoms with Gasteiger partial charge in [-0.2, -0.15) is 16.4 Å². The second kappa shape index (κ2) is 7.68. The largest absolute Gasteiger partial charge is 0.489 e. The van der Waals surface area contributed by atoms with Gasteiger partial charge in [0, 0.05) is 16.5 Å². The van der Waals surface area contributed by atoms with Crippen LogP contribution in [0.25, 0.3) is 10.6 Å².